The Bertz CT molecular complexity index is 6670. The summed E-state index contributed by atoms with van der Waals surface area (Å²) in [5.41, 5.74) is 40.7. The number of carbonyl (C=O) groups is 5. The highest BCUT2D eigenvalue weighted by molar-refractivity contribution is 7.16. The molecule has 20 heterocycles. The smallest absolute Gasteiger partial charge is 0.260 e. The predicted octanol–water partition coefficient (Wildman–Crippen LogP) is 10.4. The minimum atomic E-state index is -0.291. The monoisotopic (exact) mass is 1870 g/mol. The standard InChI is InChI=1S/C18H12ClN7OS.C17H18ClN5O2.C16H15ClN8O.C16H13ClN8O.C16H17ClN6O2/c19-15-14-10(6-13-21-3-4-22-13)17(27)26(16(14)25-18(20)24-15)7-9-1-2-11-12(5-9)28-8-23-11;18-14-13-12(8-11-2-1-5-20-11)16(24)23(15(13)22-17(19)21-14)9-10-3-6-25-7-4-10;1-8-5-9(23-24(8)2)7-25-14-12(13(17)21-16(18)22-14)10(15(25)26)6-11-19-3-4-20-11;1-8-5-22-9(6-21-8)7-25-14-12(13(17)23-16(18)24-14)10(15(25)26)4-11-19-2-3-20-11;17-13-12-10(7-11-19-3-4-20-11)15(24)23(14(12)22-16(18)21-13)8-9-1-5-25-6-2-9/h1-6,8H,7H2,(H,21,22)(H2,20,24,25);1-2,5,8,10,20H,3-4,6-7,9H2,(H2,19,21,22);3-6H,7H2,1-2H3,(H,19,20)(H2,18,21,22);2-6H,7H2,1H3,(H,19,20)(H2,18,23,24);3-4,7,9H,1-2,5-6,8H2,(H,19,20)(H2,18,21,22)/b10-6-;12-8-;10-6-;10-4-;10-7-. The summed E-state index contributed by atoms with van der Waals surface area (Å²) in [5.74, 6) is 3.96. The molecule has 0 atom stereocenters. The van der Waals surface area contributed by atoms with Crippen molar-refractivity contribution < 1.29 is 33.4 Å². The van der Waals surface area contributed by atoms with E-state index in [0.717, 1.165) is 77.5 Å². The van der Waals surface area contributed by atoms with Crippen molar-refractivity contribution in [3.05, 3.63) is 221 Å². The first-order valence-corrected chi connectivity index (χ1v) is 42.8. The van der Waals surface area contributed by atoms with E-state index in [4.69, 9.17) is 96.1 Å². The Morgan fingerprint density at radius 1 is 0.423 bits per heavy atom. The number of aryl methyl sites for hydroxylation is 3. The van der Waals surface area contributed by atoms with Gasteiger partial charge in [0, 0.05) is 120 Å². The number of halogens is 5. The van der Waals surface area contributed by atoms with Crippen molar-refractivity contribution in [2.45, 2.75) is 59.2 Å². The maximum absolute atomic E-state index is 13.2. The Balaban J connectivity index is 0.000000114. The van der Waals surface area contributed by atoms with Crippen LogP contribution in [0.5, 0.6) is 0 Å². The van der Waals surface area contributed by atoms with Gasteiger partial charge in [-0.15, -0.1) is 11.3 Å². The zero-order valence-corrected chi connectivity index (χ0v) is 73.5. The number of rotatable bonds is 15. The number of hydrogen-bond donors (Lipinski definition) is 10. The van der Waals surface area contributed by atoms with E-state index in [1.165, 1.54) is 9.80 Å². The summed E-state index contributed by atoms with van der Waals surface area (Å²) in [6.45, 7) is 8.51. The SMILES string of the molecule is Cc1cc(CN2C(=O)/C(=C\c3ncc[nH]3)c3c(Cl)nc(N)nc32)nn1C.Cc1cnc(CN2C(=O)/C(=C\c3ncc[nH]3)c3c(Cl)nc(N)nc32)cn1.Nc1nc(Cl)c2c(n1)N(CC1CCOCC1)C(=O)/C2=C\c1ccc[nH]1.Nc1nc(Cl)c2c(n1)N(CC1CCOCC1)C(=O)/C2=C\c1ncc[nH]1.Nc1nc(Cl)c2c(n1)N(Cc1ccc3ncsc3c1)C(=O)/C2=C\c1ncc[nH]1. The minimum Gasteiger partial charge on any atom is -0.381 e. The average Bonchev–Trinajstić information content (AvgIpc) is 1.62. The number of imidazole rings is 4. The topological polar surface area (TPSA) is 566 Å². The van der Waals surface area contributed by atoms with Crippen LogP contribution >= 0.6 is 69.3 Å². The highest BCUT2D eigenvalue weighted by Gasteiger charge is 2.44. The first-order chi connectivity index (χ1) is 62.8. The molecule has 15 N–H and O–H groups in total. The molecular formula is C83H75Cl5N34O7S. The fourth-order valence-corrected chi connectivity index (χ4v) is 17.3. The molecule has 0 spiro atoms. The van der Waals surface area contributed by atoms with Crippen molar-refractivity contribution in [3.8, 4) is 0 Å². The van der Waals surface area contributed by atoms with Gasteiger partial charge in [0.15, 0.2) is 29.1 Å². The second-order valence-corrected chi connectivity index (χ2v) is 32.7. The van der Waals surface area contributed by atoms with Gasteiger partial charge >= 0.3 is 0 Å². The highest BCUT2D eigenvalue weighted by atomic mass is 35.5. The second kappa shape index (κ2) is 37.7. The maximum Gasteiger partial charge on any atom is 0.260 e. The van der Waals surface area contributed by atoms with E-state index < -0.39 is 0 Å². The molecule has 41 nitrogen and oxygen atoms in total. The second-order valence-electron chi connectivity index (χ2n) is 30.0. The third-order valence-corrected chi connectivity index (χ3v) is 23.5. The van der Waals surface area contributed by atoms with Crippen LogP contribution in [0.1, 0.15) is 111 Å². The zero-order valence-electron chi connectivity index (χ0n) is 68.9. The van der Waals surface area contributed by atoms with Crippen LogP contribution in [0.3, 0.4) is 0 Å². The van der Waals surface area contributed by atoms with Gasteiger partial charge in [-0.2, -0.15) is 30.0 Å². The van der Waals surface area contributed by atoms with E-state index >= 15 is 0 Å². The van der Waals surface area contributed by atoms with E-state index in [-0.39, 0.29) is 98.1 Å². The molecule has 21 rings (SSSR count). The number of amides is 5. The van der Waals surface area contributed by atoms with Crippen molar-refractivity contribution >= 4 is 226 Å². The molecule has 0 aliphatic carbocycles. The van der Waals surface area contributed by atoms with E-state index in [9.17, 15) is 24.0 Å². The molecule has 2 fully saturated rings. The number of anilines is 10. The van der Waals surface area contributed by atoms with Crippen LogP contribution < -0.4 is 53.2 Å². The fraction of sp³-hybridized carbons (Fsp3) is 0.217. The van der Waals surface area contributed by atoms with E-state index in [2.05, 4.69) is 115 Å². The molecule has 0 saturated carbocycles. The lowest BCUT2D eigenvalue weighted by Crippen LogP contribution is -2.35. The lowest BCUT2D eigenvalue weighted by molar-refractivity contribution is -0.114. The predicted molar refractivity (Wildman–Crippen MR) is 491 cm³/mol. The van der Waals surface area contributed by atoms with E-state index in [0.29, 0.717) is 158 Å². The molecule has 47 heteroatoms. The Kier molecular flexibility index (Phi) is 25.4. The molecule has 0 unspecified atom stereocenters. The normalized spacial score (nSPS) is 16.8. The van der Waals surface area contributed by atoms with Gasteiger partial charge in [0.2, 0.25) is 29.7 Å². The summed E-state index contributed by atoms with van der Waals surface area (Å²) in [4.78, 5) is 159. The number of nitrogen functional groups attached to an aromatic ring is 5. The molecular weight excluding hydrogens is 1790 g/mol. The molecule has 660 valence electrons. The zero-order chi connectivity index (χ0) is 90.7. The molecule has 13 aromatic heterocycles. The Morgan fingerprint density at radius 3 is 1.15 bits per heavy atom. The largest absolute Gasteiger partial charge is 0.381 e. The van der Waals surface area contributed by atoms with Gasteiger partial charge in [0.05, 0.1) is 114 Å². The molecule has 7 aliphatic rings. The third kappa shape index (κ3) is 18.6. The Labute approximate surface area is 765 Å². The molecule has 7 aliphatic heterocycles. The van der Waals surface area contributed by atoms with Crippen LogP contribution in [0.15, 0.2) is 110 Å². The summed E-state index contributed by atoms with van der Waals surface area (Å²) in [6, 6.07) is 11.5. The van der Waals surface area contributed by atoms with Crippen molar-refractivity contribution in [2.24, 2.45) is 18.9 Å². The number of nitrogens with two attached hydrogens (primary N) is 5. The molecule has 0 bridgehead atoms. The summed E-state index contributed by atoms with van der Waals surface area (Å²) < 4.78 is 13.6. The van der Waals surface area contributed by atoms with Gasteiger partial charge in [-0.25, -0.2) is 49.8 Å². The number of nitrogens with one attached hydrogen (secondary N) is 5. The van der Waals surface area contributed by atoms with Gasteiger partial charge in [-0.3, -0.25) is 63.1 Å². The molecule has 5 amide bonds. The van der Waals surface area contributed by atoms with Crippen LogP contribution in [-0.4, -0.2) is 188 Å². The molecule has 130 heavy (non-hydrogen) atoms. The number of ether oxygens (including phenoxy) is 2. The number of fused-ring (bicyclic) bond motifs is 6. The average molecular weight is 1870 g/mol. The van der Waals surface area contributed by atoms with Crippen LogP contribution in [0.4, 0.5) is 58.8 Å². The maximum atomic E-state index is 13.2. The number of benzene rings is 1. The minimum absolute atomic E-state index is 0.00278. The molecule has 14 aromatic rings. The van der Waals surface area contributed by atoms with Crippen molar-refractivity contribution in [1.82, 2.24) is 119 Å². The number of H-pyrrole nitrogens is 5. The van der Waals surface area contributed by atoms with Crippen molar-refractivity contribution in [2.75, 3.05) is 92.7 Å². The van der Waals surface area contributed by atoms with Gasteiger partial charge < -0.3 is 63.1 Å². The number of thiazole rings is 1. The van der Waals surface area contributed by atoms with E-state index in [1.807, 2.05) is 57.3 Å². The quantitative estimate of drug-likeness (QED) is 0.0337. The van der Waals surface area contributed by atoms with Crippen LogP contribution in [0, 0.1) is 25.7 Å². The van der Waals surface area contributed by atoms with Gasteiger partial charge in [-0.05, 0) is 118 Å². The molecule has 0 radical (unpaired) electrons. The van der Waals surface area contributed by atoms with Gasteiger partial charge in [-0.1, -0.05) is 64.1 Å². The van der Waals surface area contributed by atoms with Crippen LogP contribution in [0.25, 0.3) is 68.5 Å². The Hall–Kier alpha value is -14.7. The number of carbonyl (C=O) groups excluding carboxylic acids is 5. The van der Waals surface area contributed by atoms with Gasteiger partial charge in [0.1, 0.15) is 49.1 Å². The summed E-state index contributed by atoms with van der Waals surface area (Å²) >= 11 is 33.0. The lowest BCUT2D eigenvalue weighted by atomic mass is 10.00. The van der Waals surface area contributed by atoms with Gasteiger partial charge in [0.25, 0.3) is 29.5 Å². The summed E-state index contributed by atoms with van der Waals surface area (Å²) in [7, 11) is 1.85. The number of nitrogens with zero attached hydrogens (tertiary/aromatic N) is 24. The lowest BCUT2D eigenvalue weighted by Gasteiger charge is -2.26. The fourth-order valence-electron chi connectivity index (χ4n) is 15.2. The summed E-state index contributed by atoms with van der Waals surface area (Å²) in [5, 5.41) is 5.14. The first-order valence-electron chi connectivity index (χ1n) is 40.0. The van der Waals surface area contributed by atoms with E-state index in [1.54, 1.807) is 135 Å². The number of hydrogen-bond acceptors (Lipinski definition) is 31. The number of aromatic amines is 5. The Morgan fingerprint density at radius 2 is 0.800 bits per heavy atom. The summed E-state index contributed by atoms with van der Waals surface area (Å²) in [6.07, 6.45) is 30.1. The first kappa shape index (κ1) is 87.4. The van der Waals surface area contributed by atoms with Crippen LogP contribution in [0.2, 0.25) is 25.8 Å². The van der Waals surface area contributed by atoms with Crippen molar-refractivity contribution in [1.29, 1.82) is 0 Å². The van der Waals surface area contributed by atoms with Crippen molar-refractivity contribution in [3.63, 3.8) is 0 Å². The number of aromatic nitrogens is 24. The molecule has 2 saturated heterocycles. The highest BCUT2D eigenvalue weighted by Crippen LogP contribution is 2.47. The van der Waals surface area contributed by atoms with Crippen LogP contribution in [-0.2, 0) is 60.1 Å². The molecule has 1 aromatic carbocycles. The third-order valence-electron chi connectivity index (χ3n) is 21.4.